The van der Waals surface area contributed by atoms with Crippen molar-refractivity contribution in [2.75, 3.05) is 10.6 Å². The number of carbonyl (C=O) groups excluding carboxylic acids is 3. The van der Waals surface area contributed by atoms with Gasteiger partial charge in [0.25, 0.3) is 11.8 Å². The lowest BCUT2D eigenvalue weighted by Gasteiger charge is -2.17. The lowest BCUT2D eigenvalue weighted by molar-refractivity contribution is -0.116. The van der Waals surface area contributed by atoms with Crippen LogP contribution in [0.25, 0.3) is 6.08 Å². The third-order valence-corrected chi connectivity index (χ3v) is 8.81. The summed E-state index contributed by atoms with van der Waals surface area (Å²) in [5.41, 5.74) is 2.05. The highest BCUT2D eigenvalue weighted by atomic mass is 35.5. The van der Waals surface area contributed by atoms with Gasteiger partial charge in [0, 0.05) is 27.1 Å². The van der Waals surface area contributed by atoms with Crippen molar-refractivity contribution in [3.63, 3.8) is 0 Å². The second kappa shape index (κ2) is 14.8. The van der Waals surface area contributed by atoms with E-state index in [1.165, 1.54) is 47.4 Å². The number of amides is 3. The highest BCUT2D eigenvalue weighted by Gasteiger charge is 2.24. The minimum atomic E-state index is -0.697. The standard InChI is InChI=1S/C34H26ClFN4O3S2/c1-21-20-44-34(37-21)40-33(43)30(22-10-4-2-5-11-22)45-25-15-8-14-24(18-25)38-32(42)29(19-26-27(35)16-9-17-28(26)36)39-31(41)23-12-6-3-7-13-23/h2-20,30H,1H3,(H,38,42)(H,39,41)(H,37,40,43)/b29-19+. The Morgan fingerprint density at radius 3 is 2.31 bits per heavy atom. The summed E-state index contributed by atoms with van der Waals surface area (Å²) in [6, 6.07) is 28.8. The van der Waals surface area contributed by atoms with Crippen molar-refractivity contribution in [1.82, 2.24) is 10.3 Å². The monoisotopic (exact) mass is 656 g/mol. The summed E-state index contributed by atoms with van der Waals surface area (Å²) < 4.78 is 14.7. The van der Waals surface area contributed by atoms with E-state index in [9.17, 15) is 18.8 Å². The summed E-state index contributed by atoms with van der Waals surface area (Å²) in [5, 5.41) is 10.1. The minimum absolute atomic E-state index is 0.0471. The van der Waals surface area contributed by atoms with Crippen LogP contribution in [0.5, 0.6) is 0 Å². The zero-order valence-electron chi connectivity index (χ0n) is 23.8. The van der Waals surface area contributed by atoms with Crippen molar-refractivity contribution in [3.8, 4) is 0 Å². The molecule has 0 aliphatic carbocycles. The number of halogens is 2. The molecule has 226 valence electrons. The molecule has 0 fully saturated rings. The number of thiazole rings is 1. The Kier molecular flexibility index (Phi) is 10.4. The molecule has 1 heterocycles. The average Bonchev–Trinajstić information content (AvgIpc) is 3.46. The van der Waals surface area contributed by atoms with Gasteiger partial charge in [0.2, 0.25) is 5.91 Å². The van der Waals surface area contributed by atoms with Crippen LogP contribution in [-0.4, -0.2) is 22.7 Å². The minimum Gasteiger partial charge on any atom is -0.321 e. The largest absolute Gasteiger partial charge is 0.321 e. The molecular weight excluding hydrogens is 631 g/mol. The first-order chi connectivity index (χ1) is 21.8. The molecule has 1 atom stereocenters. The zero-order chi connectivity index (χ0) is 31.8. The maximum Gasteiger partial charge on any atom is 0.272 e. The average molecular weight is 657 g/mol. The molecule has 45 heavy (non-hydrogen) atoms. The molecule has 0 spiro atoms. The van der Waals surface area contributed by atoms with Gasteiger partial charge < -0.3 is 16.0 Å². The highest BCUT2D eigenvalue weighted by molar-refractivity contribution is 8.00. The molecule has 3 N–H and O–H groups in total. The lowest BCUT2D eigenvalue weighted by atomic mass is 10.1. The molecule has 3 amide bonds. The van der Waals surface area contributed by atoms with Crippen LogP contribution in [0.4, 0.5) is 15.2 Å². The topological polar surface area (TPSA) is 100 Å². The number of carbonyl (C=O) groups is 3. The maximum atomic E-state index is 14.7. The number of nitrogens with one attached hydrogen (secondary N) is 3. The number of rotatable bonds is 10. The molecule has 4 aromatic carbocycles. The van der Waals surface area contributed by atoms with Gasteiger partial charge in [-0.15, -0.1) is 23.1 Å². The fraction of sp³-hybridized carbons (Fsp3) is 0.0588. The van der Waals surface area contributed by atoms with Gasteiger partial charge in [0.15, 0.2) is 5.13 Å². The molecule has 5 aromatic rings. The quantitative estimate of drug-likeness (QED) is 0.104. The molecule has 1 aromatic heterocycles. The zero-order valence-corrected chi connectivity index (χ0v) is 26.2. The number of thioether (sulfide) groups is 1. The predicted octanol–water partition coefficient (Wildman–Crippen LogP) is 8.13. The Hall–Kier alpha value is -4.77. The molecule has 5 rings (SSSR count). The van der Waals surface area contributed by atoms with E-state index >= 15 is 0 Å². The summed E-state index contributed by atoms with van der Waals surface area (Å²) in [4.78, 5) is 45.0. The van der Waals surface area contributed by atoms with Gasteiger partial charge in [0.1, 0.15) is 16.8 Å². The number of hydrogen-bond acceptors (Lipinski definition) is 6. The SMILES string of the molecule is Cc1csc(NC(=O)C(Sc2cccc(NC(=O)/C(=C\c3c(F)cccc3Cl)NC(=O)c3ccccc3)c2)c2ccccc2)n1. The van der Waals surface area contributed by atoms with Crippen LogP contribution in [-0.2, 0) is 9.59 Å². The summed E-state index contributed by atoms with van der Waals surface area (Å²) in [5.74, 6) is -2.15. The van der Waals surface area contributed by atoms with Crippen LogP contribution in [0.2, 0.25) is 5.02 Å². The summed E-state index contributed by atoms with van der Waals surface area (Å²) >= 11 is 8.87. The fourth-order valence-corrected chi connectivity index (χ4v) is 6.19. The second-order valence-corrected chi connectivity index (χ2v) is 12.1. The van der Waals surface area contributed by atoms with Gasteiger partial charge in [-0.2, -0.15) is 0 Å². The van der Waals surface area contributed by atoms with E-state index < -0.39 is 22.9 Å². The molecule has 0 saturated heterocycles. The molecule has 7 nitrogen and oxygen atoms in total. The number of aromatic nitrogens is 1. The van der Waals surface area contributed by atoms with Crippen LogP contribution in [0.15, 0.2) is 119 Å². The van der Waals surface area contributed by atoms with Crippen LogP contribution < -0.4 is 16.0 Å². The van der Waals surface area contributed by atoms with Gasteiger partial charge in [-0.3, -0.25) is 14.4 Å². The fourth-order valence-electron chi connectivity index (χ4n) is 4.20. The summed E-state index contributed by atoms with van der Waals surface area (Å²) in [6.07, 6.45) is 1.20. The lowest BCUT2D eigenvalue weighted by Crippen LogP contribution is -2.30. The molecule has 11 heteroatoms. The molecule has 1 unspecified atom stereocenters. The number of aryl methyl sites for hydroxylation is 1. The Bertz CT molecular complexity index is 1850. The normalized spacial score (nSPS) is 11.8. The van der Waals surface area contributed by atoms with Crippen molar-refractivity contribution < 1.29 is 18.8 Å². The van der Waals surface area contributed by atoms with E-state index in [1.807, 2.05) is 48.7 Å². The Balaban J connectivity index is 1.39. The van der Waals surface area contributed by atoms with Gasteiger partial charge >= 0.3 is 0 Å². The molecule has 0 bridgehead atoms. The maximum absolute atomic E-state index is 14.7. The molecule has 0 aliphatic heterocycles. The van der Waals surface area contributed by atoms with E-state index in [4.69, 9.17) is 11.6 Å². The van der Waals surface area contributed by atoms with E-state index in [2.05, 4.69) is 20.9 Å². The molecule has 0 radical (unpaired) electrons. The Labute approximate surface area is 272 Å². The molecule has 0 saturated carbocycles. The number of anilines is 2. The van der Waals surface area contributed by atoms with Crippen LogP contribution in [0, 0.1) is 12.7 Å². The van der Waals surface area contributed by atoms with Crippen molar-refractivity contribution >= 4 is 69.3 Å². The number of nitrogens with zero attached hydrogens (tertiary/aromatic N) is 1. The third kappa shape index (κ3) is 8.45. The van der Waals surface area contributed by atoms with Crippen LogP contribution in [0.3, 0.4) is 0 Å². The van der Waals surface area contributed by atoms with E-state index in [-0.39, 0.29) is 22.2 Å². The first-order valence-corrected chi connectivity index (χ1v) is 15.8. The number of hydrogen-bond donors (Lipinski definition) is 3. The van der Waals surface area contributed by atoms with Gasteiger partial charge in [-0.05, 0) is 61.0 Å². The Morgan fingerprint density at radius 2 is 1.62 bits per heavy atom. The van der Waals surface area contributed by atoms with E-state index in [1.54, 1.807) is 48.5 Å². The second-order valence-electron chi connectivity index (χ2n) is 9.69. The number of benzene rings is 4. The van der Waals surface area contributed by atoms with Crippen molar-refractivity contribution in [2.24, 2.45) is 0 Å². The summed E-state index contributed by atoms with van der Waals surface area (Å²) in [7, 11) is 0. The summed E-state index contributed by atoms with van der Waals surface area (Å²) in [6.45, 7) is 1.86. The van der Waals surface area contributed by atoms with Crippen LogP contribution >= 0.6 is 34.7 Å². The first kappa shape index (κ1) is 31.6. The van der Waals surface area contributed by atoms with E-state index in [0.717, 1.165) is 11.3 Å². The van der Waals surface area contributed by atoms with Crippen molar-refractivity contribution in [2.45, 2.75) is 17.1 Å². The van der Waals surface area contributed by atoms with Gasteiger partial charge in [0.05, 0.1) is 10.7 Å². The smallest absolute Gasteiger partial charge is 0.272 e. The highest BCUT2D eigenvalue weighted by Crippen LogP contribution is 2.37. The molecular formula is C34H26ClFN4O3S2. The van der Waals surface area contributed by atoms with Gasteiger partial charge in [-0.1, -0.05) is 72.3 Å². The van der Waals surface area contributed by atoms with Gasteiger partial charge in [-0.25, -0.2) is 9.37 Å². The first-order valence-electron chi connectivity index (χ1n) is 13.6. The van der Waals surface area contributed by atoms with Crippen molar-refractivity contribution in [3.05, 3.63) is 147 Å². The third-order valence-electron chi connectivity index (χ3n) is 6.35. The van der Waals surface area contributed by atoms with Crippen LogP contribution in [0.1, 0.15) is 32.4 Å². The van der Waals surface area contributed by atoms with Crippen molar-refractivity contribution in [1.29, 1.82) is 0 Å². The molecule has 0 aliphatic rings. The Morgan fingerprint density at radius 1 is 0.911 bits per heavy atom. The predicted molar refractivity (Wildman–Crippen MR) is 179 cm³/mol. The van der Waals surface area contributed by atoms with E-state index in [0.29, 0.717) is 21.3 Å².